The number of pyridine rings is 1. The minimum absolute atomic E-state index is 0.892. The first kappa shape index (κ1) is 35.2. The second-order valence-electron chi connectivity index (χ2n) is 15.3. The Balaban J connectivity index is 0.00000132. The van der Waals surface area contributed by atoms with Crippen molar-refractivity contribution in [2.45, 2.75) is 6.92 Å². The molecular formula is C56H40N4. The van der Waals surface area contributed by atoms with Crippen molar-refractivity contribution in [2.75, 3.05) is 0 Å². The molecule has 8 aromatic carbocycles. The molecule has 284 valence electrons. The van der Waals surface area contributed by atoms with Crippen LogP contribution in [0.1, 0.15) is 6.92 Å². The van der Waals surface area contributed by atoms with Crippen molar-refractivity contribution in [2.24, 2.45) is 0 Å². The van der Waals surface area contributed by atoms with Crippen molar-refractivity contribution in [3.63, 3.8) is 0 Å². The molecule has 0 aliphatic rings. The van der Waals surface area contributed by atoms with E-state index in [1.54, 1.807) is 6.08 Å². The number of benzene rings is 8. The van der Waals surface area contributed by atoms with Crippen LogP contribution < -0.4 is 0 Å². The molecule has 0 fully saturated rings. The normalized spacial score (nSPS) is 11.5. The summed E-state index contributed by atoms with van der Waals surface area (Å²) in [7, 11) is 0. The van der Waals surface area contributed by atoms with Gasteiger partial charge in [-0.15, -0.1) is 6.58 Å². The standard InChI is InChI=1S/C53H34N4.C3H6/c1-4-14-35(15-5-1)39-31-47(36-16-6-2-7-17-36)54-52(33-39)57-49-23-13-11-21-43(49)46-34-41(25-27-50(46)57)56-48-22-12-10-20-42(48)44-26-24-37-32-51-38(30-45(37)53(44)56)28-29-55(51)40-18-8-3-9-19-40;1-3-2/h1-34H;3H,1H2,2H3. The Hall–Kier alpha value is -7.95. The molecule has 12 aromatic rings. The quantitative estimate of drug-likeness (QED) is 0.160. The summed E-state index contributed by atoms with van der Waals surface area (Å²) >= 11 is 0. The van der Waals surface area contributed by atoms with Crippen LogP contribution in [0, 0.1) is 0 Å². The molecule has 4 heteroatoms. The fraction of sp³-hybridized carbons (Fsp3) is 0.0179. The highest BCUT2D eigenvalue weighted by Gasteiger charge is 2.20. The topological polar surface area (TPSA) is 27.7 Å². The van der Waals surface area contributed by atoms with Crippen LogP contribution in [0.15, 0.2) is 219 Å². The Morgan fingerprint density at radius 2 is 1.03 bits per heavy atom. The second kappa shape index (κ2) is 14.5. The van der Waals surface area contributed by atoms with Gasteiger partial charge < -0.3 is 9.13 Å². The maximum atomic E-state index is 5.36. The highest BCUT2D eigenvalue weighted by molar-refractivity contribution is 6.20. The van der Waals surface area contributed by atoms with E-state index in [0.717, 1.165) is 50.6 Å². The molecule has 0 amide bonds. The van der Waals surface area contributed by atoms with Gasteiger partial charge in [0.25, 0.3) is 0 Å². The van der Waals surface area contributed by atoms with Gasteiger partial charge in [-0.3, -0.25) is 4.57 Å². The predicted octanol–water partition coefficient (Wildman–Crippen LogP) is 14.9. The van der Waals surface area contributed by atoms with E-state index in [1.807, 2.05) is 6.92 Å². The van der Waals surface area contributed by atoms with Crippen molar-refractivity contribution in [1.29, 1.82) is 0 Å². The van der Waals surface area contributed by atoms with E-state index in [2.05, 4.69) is 227 Å². The smallest absolute Gasteiger partial charge is 0.138 e. The van der Waals surface area contributed by atoms with E-state index in [1.165, 1.54) is 54.3 Å². The molecule has 0 unspecified atom stereocenters. The molecular weight excluding hydrogens is 729 g/mol. The maximum absolute atomic E-state index is 5.36. The molecule has 4 heterocycles. The highest BCUT2D eigenvalue weighted by Crippen LogP contribution is 2.41. The SMILES string of the molecule is C=CC.c1ccc(-c2cc(-c3ccccc3)nc(-n3c4ccccc4c4cc(-n5c6ccccc6c6ccc7cc8c(ccn8-c8ccccc8)cc7c65)ccc43)c2)cc1. The zero-order valence-electron chi connectivity index (χ0n) is 33.2. The van der Waals surface area contributed by atoms with Gasteiger partial charge in [0.05, 0.1) is 33.3 Å². The molecule has 4 nitrogen and oxygen atoms in total. The van der Waals surface area contributed by atoms with Crippen LogP contribution in [0.5, 0.6) is 0 Å². The first-order valence-electron chi connectivity index (χ1n) is 20.4. The van der Waals surface area contributed by atoms with Crippen molar-refractivity contribution >= 4 is 65.3 Å². The predicted molar refractivity (Wildman–Crippen MR) is 254 cm³/mol. The van der Waals surface area contributed by atoms with Gasteiger partial charge in [-0.05, 0) is 96.2 Å². The highest BCUT2D eigenvalue weighted by atomic mass is 15.1. The summed E-state index contributed by atoms with van der Waals surface area (Å²) in [6.07, 6.45) is 3.93. The summed E-state index contributed by atoms with van der Waals surface area (Å²) in [6, 6.07) is 72.1. The number of nitrogens with zero attached hydrogens (tertiary/aromatic N) is 4. The van der Waals surface area contributed by atoms with Crippen LogP contribution in [0.3, 0.4) is 0 Å². The lowest BCUT2D eigenvalue weighted by Crippen LogP contribution is -2.00. The van der Waals surface area contributed by atoms with Gasteiger partial charge in [0.2, 0.25) is 0 Å². The molecule has 0 atom stereocenters. The minimum atomic E-state index is 0.892. The van der Waals surface area contributed by atoms with Gasteiger partial charge in [0.15, 0.2) is 0 Å². The zero-order chi connectivity index (χ0) is 40.2. The Morgan fingerprint density at radius 3 is 1.77 bits per heavy atom. The van der Waals surface area contributed by atoms with E-state index >= 15 is 0 Å². The molecule has 0 bridgehead atoms. The van der Waals surface area contributed by atoms with E-state index in [4.69, 9.17) is 4.98 Å². The van der Waals surface area contributed by atoms with Crippen LogP contribution in [0.4, 0.5) is 0 Å². The average molecular weight is 769 g/mol. The van der Waals surface area contributed by atoms with Gasteiger partial charge >= 0.3 is 0 Å². The fourth-order valence-corrected chi connectivity index (χ4v) is 9.03. The summed E-state index contributed by atoms with van der Waals surface area (Å²) in [5.41, 5.74) is 12.5. The number of rotatable bonds is 5. The number of fused-ring (bicyclic) bond motifs is 9. The van der Waals surface area contributed by atoms with E-state index in [9.17, 15) is 0 Å². The number of para-hydroxylation sites is 3. The van der Waals surface area contributed by atoms with Gasteiger partial charge in [0, 0.05) is 55.5 Å². The first-order valence-corrected chi connectivity index (χ1v) is 20.4. The van der Waals surface area contributed by atoms with Gasteiger partial charge in [0.1, 0.15) is 5.82 Å². The molecule has 0 radical (unpaired) electrons. The average Bonchev–Trinajstić information content (AvgIpc) is 3.99. The minimum Gasteiger partial charge on any atom is -0.317 e. The summed E-state index contributed by atoms with van der Waals surface area (Å²) < 4.78 is 7.09. The Bertz CT molecular complexity index is 3500. The van der Waals surface area contributed by atoms with E-state index in [-0.39, 0.29) is 0 Å². The lowest BCUT2D eigenvalue weighted by molar-refractivity contribution is 1.08. The van der Waals surface area contributed by atoms with Gasteiger partial charge in [-0.25, -0.2) is 4.98 Å². The molecule has 0 aliphatic heterocycles. The number of hydrogen-bond acceptors (Lipinski definition) is 1. The third-order valence-electron chi connectivity index (χ3n) is 11.6. The molecule has 0 aliphatic carbocycles. The largest absolute Gasteiger partial charge is 0.317 e. The Morgan fingerprint density at radius 1 is 0.417 bits per heavy atom. The molecule has 4 aromatic heterocycles. The molecule has 0 saturated heterocycles. The van der Waals surface area contributed by atoms with Gasteiger partial charge in [-0.2, -0.15) is 0 Å². The first-order chi connectivity index (χ1) is 29.7. The summed E-state index contributed by atoms with van der Waals surface area (Å²) in [5, 5.41) is 8.54. The number of aromatic nitrogens is 4. The number of hydrogen-bond donors (Lipinski definition) is 0. The van der Waals surface area contributed by atoms with Crippen LogP contribution in [0.25, 0.3) is 105 Å². The third kappa shape index (κ3) is 5.72. The molecule has 0 N–H and O–H groups in total. The van der Waals surface area contributed by atoms with Crippen LogP contribution in [-0.2, 0) is 0 Å². The molecule has 0 spiro atoms. The molecule has 60 heavy (non-hydrogen) atoms. The second-order valence-corrected chi connectivity index (χ2v) is 15.3. The molecule has 0 saturated carbocycles. The fourth-order valence-electron chi connectivity index (χ4n) is 9.03. The van der Waals surface area contributed by atoms with Crippen molar-refractivity contribution in [3.05, 3.63) is 219 Å². The van der Waals surface area contributed by atoms with Crippen molar-refractivity contribution < 1.29 is 0 Å². The number of allylic oxidation sites excluding steroid dienone is 1. The van der Waals surface area contributed by atoms with Crippen molar-refractivity contribution in [1.82, 2.24) is 18.7 Å². The van der Waals surface area contributed by atoms with Crippen molar-refractivity contribution in [3.8, 4) is 39.6 Å². The van der Waals surface area contributed by atoms with Crippen LogP contribution in [-0.4, -0.2) is 18.7 Å². The zero-order valence-corrected chi connectivity index (χ0v) is 33.2. The van der Waals surface area contributed by atoms with Crippen LogP contribution >= 0.6 is 0 Å². The van der Waals surface area contributed by atoms with Gasteiger partial charge in [-0.1, -0.05) is 133 Å². The Kier molecular flexibility index (Phi) is 8.49. The maximum Gasteiger partial charge on any atom is 0.138 e. The molecule has 12 rings (SSSR count). The monoisotopic (exact) mass is 768 g/mol. The van der Waals surface area contributed by atoms with E-state index in [0.29, 0.717) is 0 Å². The lowest BCUT2D eigenvalue weighted by atomic mass is 10.0. The van der Waals surface area contributed by atoms with E-state index < -0.39 is 0 Å². The summed E-state index contributed by atoms with van der Waals surface area (Å²) in [5.74, 6) is 0.892. The lowest BCUT2D eigenvalue weighted by Gasteiger charge is -2.14. The summed E-state index contributed by atoms with van der Waals surface area (Å²) in [6.45, 7) is 5.25. The van der Waals surface area contributed by atoms with Crippen LogP contribution in [0.2, 0.25) is 0 Å². The Labute approximate surface area is 348 Å². The summed E-state index contributed by atoms with van der Waals surface area (Å²) in [4.78, 5) is 5.36. The third-order valence-corrected chi connectivity index (χ3v) is 11.6.